The molecule has 0 radical (unpaired) electrons. The second kappa shape index (κ2) is 9.22. The van der Waals surface area contributed by atoms with Crippen molar-refractivity contribution < 1.29 is 4.74 Å². The van der Waals surface area contributed by atoms with Crippen LogP contribution < -0.4 is 9.64 Å². The minimum absolute atomic E-state index is 0.704. The van der Waals surface area contributed by atoms with E-state index in [4.69, 9.17) is 9.72 Å². The lowest BCUT2D eigenvalue weighted by Gasteiger charge is -2.36. The summed E-state index contributed by atoms with van der Waals surface area (Å²) < 4.78 is 5.24. The first kappa shape index (κ1) is 20.3. The maximum absolute atomic E-state index is 5.24. The van der Waals surface area contributed by atoms with Gasteiger partial charge in [-0.15, -0.1) is 0 Å². The van der Waals surface area contributed by atoms with Crippen molar-refractivity contribution in [1.82, 2.24) is 19.9 Å². The van der Waals surface area contributed by atoms with Gasteiger partial charge in [-0.25, -0.2) is 9.97 Å². The quantitative estimate of drug-likeness (QED) is 0.628. The highest BCUT2D eigenvalue weighted by molar-refractivity contribution is 5.57. The molecule has 0 N–H and O–H groups in total. The zero-order valence-corrected chi connectivity index (χ0v) is 18.0. The monoisotopic (exact) mass is 403 g/mol. The number of pyridine rings is 1. The number of hydrogen-bond acceptors (Lipinski definition) is 6. The van der Waals surface area contributed by atoms with Crippen molar-refractivity contribution in [2.75, 3.05) is 44.7 Å². The molecule has 6 nitrogen and oxygen atoms in total. The number of hydrogen-bond donors (Lipinski definition) is 0. The van der Waals surface area contributed by atoms with Crippen LogP contribution in [0.3, 0.4) is 0 Å². The normalized spacial score (nSPS) is 14.7. The molecule has 156 valence electrons. The van der Waals surface area contributed by atoms with Crippen LogP contribution in [-0.2, 0) is 6.42 Å². The lowest BCUT2D eigenvalue weighted by molar-refractivity contribution is 0.260. The zero-order valence-electron chi connectivity index (χ0n) is 18.0. The van der Waals surface area contributed by atoms with Crippen LogP contribution in [-0.4, -0.2) is 59.7 Å². The molecule has 3 heterocycles. The highest BCUT2D eigenvalue weighted by Gasteiger charge is 2.21. The van der Waals surface area contributed by atoms with E-state index in [1.807, 2.05) is 30.3 Å². The average molecular weight is 404 g/mol. The maximum Gasteiger partial charge on any atom is 0.180 e. The Kier molecular flexibility index (Phi) is 6.23. The van der Waals surface area contributed by atoms with Crippen LogP contribution in [0, 0.1) is 13.8 Å². The van der Waals surface area contributed by atoms with Crippen LogP contribution in [0.4, 0.5) is 5.82 Å². The minimum Gasteiger partial charge on any atom is -0.497 e. The summed E-state index contributed by atoms with van der Waals surface area (Å²) in [6.45, 7) is 9.26. The predicted molar refractivity (Wildman–Crippen MR) is 120 cm³/mol. The highest BCUT2D eigenvalue weighted by atomic mass is 16.5. The first-order chi connectivity index (χ1) is 14.6. The Morgan fingerprint density at radius 3 is 2.37 bits per heavy atom. The molecular weight excluding hydrogens is 374 g/mol. The van der Waals surface area contributed by atoms with Crippen LogP contribution in [0.25, 0.3) is 11.5 Å². The summed E-state index contributed by atoms with van der Waals surface area (Å²) in [5.74, 6) is 2.65. The fraction of sp³-hybridized carbons (Fsp3) is 0.375. The van der Waals surface area contributed by atoms with E-state index >= 15 is 0 Å². The van der Waals surface area contributed by atoms with Crippen molar-refractivity contribution in [2.24, 2.45) is 0 Å². The molecular formula is C24H29N5O. The lowest BCUT2D eigenvalue weighted by atomic mass is 10.1. The predicted octanol–water partition coefficient (Wildman–Crippen LogP) is 3.53. The smallest absolute Gasteiger partial charge is 0.180 e. The van der Waals surface area contributed by atoms with E-state index in [0.29, 0.717) is 5.82 Å². The van der Waals surface area contributed by atoms with Gasteiger partial charge in [0.05, 0.1) is 7.11 Å². The fourth-order valence-electron chi connectivity index (χ4n) is 3.79. The molecule has 1 fully saturated rings. The van der Waals surface area contributed by atoms with Gasteiger partial charge in [-0.2, -0.15) is 0 Å². The second-order valence-electron chi connectivity index (χ2n) is 7.72. The van der Waals surface area contributed by atoms with E-state index in [1.54, 1.807) is 13.3 Å². The molecule has 0 atom stereocenters. The summed E-state index contributed by atoms with van der Waals surface area (Å²) in [5, 5.41) is 0. The topological polar surface area (TPSA) is 54.4 Å². The van der Waals surface area contributed by atoms with Gasteiger partial charge in [0.15, 0.2) is 5.82 Å². The maximum atomic E-state index is 5.24. The number of nitrogens with zero attached hydrogens (tertiary/aromatic N) is 5. The molecule has 2 aromatic heterocycles. The van der Waals surface area contributed by atoms with Crippen molar-refractivity contribution in [3.05, 3.63) is 65.5 Å². The first-order valence-electron chi connectivity index (χ1n) is 10.5. The van der Waals surface area contributed by atoms with Crippen molar-refractivity contribution in [3.8, 4) is 17.3 Å². The number of rotatable bonds is 6. The second-order valence-corrected chi connectivity index (χ2v) is 7.72. The number of anilines is 1. The third kappa shape index (κ3) is 4.60. The summed E-state index contributed by atoms with van der Waals surface area (Å²) >= 11 is 0. The molecule has 1 saturated heterocycles. The van der Waals surface area contributed by atoms with Crippen molar-refractivity contribution >= 4 is 5.82 Å². The summed E-state index contributed by atoms with van der Waals surface area (Å²) in [6, 6.07) is 14.2. The van der Waals surface area contributed by atoms with E-state index in [9.17, 15) is 0 Å². The van der Waals surface area contributed by atoms with Crippen LogP contribution in [0.5, 0.6) is 5.75 Å². The lowest BCUT2D eigenvalue weighted by Crippen LogP contribution is -2.47. The molecule has 0 saturated carbocycles. The number of aromatic nitrogens is 3. The number of methoxy groups -OCH3 is 1. The number of aryl methyl sites for hydroxylation is 1. The summed E-state index contributed by atoms with van der Waals surface area (Å²) in [6.07, 6.45) is 2.84. The van der Waals surface area contributed by atoms with Crippen LogP contribution in [0.2, 0.25) is 0 Å². The van der Waals surface area contributed by atoms with Crippen LogP contribution in [0.15, 0.2) is 48.7 Å². The van der Waals surface area contributed by atoms with Gasteiger partial charge >= 0.3 is 0 Å². The van der Waals surface area contributed by atoms with Gasteiger partial charge in [-0.1, -0.05) is 18.2 Å². The summed E-state index contributed by atoms with van der Waals surface area (Å²) in [4.78, 5) is 18.9. The van der Waals surface area contributed by atoms with Crippen molar-refractivity contribution in [2.45, 2.75) is 20.3 Å². The fourth-order valence-corrected chi connectivity index (χ4v) is 3.79. The zero-order chi connectivity index (χ0) is 20.9. The Morgan fingerprint density at radius 1 is 0.933 bits per heavy atom. The molecule has 1 aromatic carbocycles. The van der Waals surface area contributed by atoms with E-state index in [0.717, 1.165) is 67.7 Å². The Hall–Kier alpha value is -2.99. The van der Waals surface area contributed by atoms with Gasteiger partial charge in [0.25, 0.3) is 0 Å². The number of ether oxygens (including phenoxy) is 1. The van der Waals surface area contributed by atoms with E-state index in [1.165, 1.54) is 5.56 Å². The van der Waals surface area contributed by atoms with Crippen molar-refractivity contribution in [3.63, 3.8) is 0 Å². The number of piperazine rings is 1. The molecule has 4 rings (SSSR count). The molecule has 1 aliphatic rings. The van der Waals surface area contributed by atoms with Gasteiger partial charge < -0.3 is 9.64 Å². The summed E-state index contributed by atoms with van der Waals surface area (Å²) in [5.41, 5.74) is 4.34. The molecule has 0 aliphatic carbocycles. The van der Waals surface area contributed by atoms with Crippen LogP contribution in [0.1, 0.15) is 16.8 Å². The first-order valence-corrected chi connectivity index (χ1v) is 10.5. The molecule has 1 aliphatic heterocycles. The third-order valence-corrected chi connectivity index (χ3v) is 5.81. The summed E-state index contributed by atoms with van der Waals surface area (Å²) in [7, 11) is 1.70. The largest absolute Gasteiger partial charge is 0.497 e. The standard InChI is InChI=1S/C24H29N5O/c1-18-19(2)26-23(22-6-4-5-12-25-22)27-24(18)29-16-14-28(15-17-29)13-11-20-7-9-21(30-3)10-8-20/h4-10,12H,11,13-17H2,1-3H3. The highest BCUT2D eigenvalue weighted by Crippen LogP contribution is 2.24. The molecule has 6 heteroatoms. The van der Waals surface area contributed by atoms with Gasteiger partial charge in [0, 0.05) is 50.2 Å². The average Bonchev–Trinajstić information content (AvgIpc) is 2.81. The SMILES string of the molecule is COc1ccc(CCN2CCN(c3nc(-c4ccccn4)nc(C)c3C)CC2)cc1. The Labute approximate surface area is 178 Å². The van der Waals surface area contributed by atoms with Gasteiger partial charge in [0.1, 0.15) is 17.3 Å². The van der Waals surface area contributed by atoms with Crippen LogP contribution >= 0.6 is 0 Å². The van der Waals surface area contributed by atoms with Gasteiger partial charge in [-0.3, -0.25) is 9.88 Å². The Bertz CT molecular complexity index is 967. The Morgan fingerprint density at radius 2 is 1.70 bits per heavy atom. The van der Waals surface area contributed by atoms with Crippen molar-refractivity contribution in [1.29, 1.82) is 0 Å². The molecule has 0 amide bonds. The molecule has 3 aromatic rings. The minimum atomic E-state index is 0.704. The Balaban J connectivity index is 1.39. The van der Waals surface area contributed by atoms with E-state index in [-0.39, 0.29) is 0 Å². The molecule has 0 bridgehead atoms. The third-order valence-electron chi connectivity index (χ3n) is 5.81. The van der Waals surface area contributed by atoms with Gasteiger partial charge in [-0.05, 0) is 50.1 Å². The van der Waals surface area contributed by atoms with E-state index in [2.05, 4.69) is 45.7 Å². The van der Waals surface area contributed by atoms with E-state index < -0.39 is 0 Å². The molecule has 30 heavy (non-hydrogen) atoms. The molecule has 0 spiro atoms. The number of benzene rings is 1. The van der Waals surface area contributed by atoms with Gasteiger partial charge in [0.2, 0.25) is 0 Å². The molecule has 0 unspecified atom stereocenters.